The maximum Gasteiger partial charge on any atom is 0.174 e. The minimum Gasteiger partial charge on any atom is -0.351 e. The molecular weight excluding hydrogens is 346 g/mol. The van der Waals surface area contributed by atoms with Crippen LogP contribution in [0.25, 0.3) is 0 Å². The van der Waals surface area contributed by atoms with E-state index >= 15 is 0 Å². The number of hydrogen-bond acceptors (Lipinski definition) is 3. The fraction of sp³-hybridized carbons (Fsp3) is 0.200. The third-order valence-corrected chi connectivity index (χ3v) is 5.67. The van der Waals surface area contributed by atoms with Gasteiger partial charge in [0.15, 0.2) is 5.11 Å². The highest BCUT2D eigenvalue weighted by atomic mass is 32.1. The van der Waals surface area contributed by atoms with Crippen molar-refractivity contribution >= 4 is 34.4 Å². The van der Waals surface area contributed by atoms with E-state index in [9.17, 15) is 0 Å². The van der Waals surface area contributed by atoms with Crippen LogP contribution in [0.4, 0.5) is 5.69 Å². The Bertz CT molecular complexity index is 870. The Morgan fingerprint density at radius 1 is 1.08 bits per heavy atom. The summed E-state index contributed by atoms with van der Waals surface area (Å²) in [6.45, 7) is 4.25. The van der Waals surface area contributed by atoms with Crippen LogP contribution in [0.5, 0.6) is 0 Å². The standard InChI is InChI=1S/C20H19N3S2/c1-13-10-14(2)12-15(11-13)23-19(17-7-5-9-25-17)18(22-20(23)24)16-6-3-4-8-21-16/h3-12,18-19H,1-2H3,(H,22,24)/t18-,19+/m0/s1. The van der Waals surface area contributed by atoms with Crippen LogP contribution in [-0.4, -0.2) is 10.1 Å². The second-order valence-corrected chi connectivity index (χ2v) is 7.72. The van der Waals surface area contributed by atoms with E-state index in [4.69, 9.17) is 12.2 Å². The topological polar surface area (TPSA) is 28.2 Å². The van der Waals surface area contributed by atoms with E-state index in [1.54, 1.807) is 11.3 Å². The zero-order chi connectivity index (χ0) is 17.4. The Balaban J connectivity index is 1.83. The van der Waals surface area contributed by atoms with Crippen molar-refractivity contribution in [3.63, 3.8) is 0 Å². The van der Waals surface area contributed by atoms with Crippen molar-refractivity contribution in [1.29, 1.82) is 0 Å². The monoisotopic (exact) mass is 365 g/mol. The Morgan fingerprint density at radius 2 is 1.88 bits per heavy atom. The van der Waals surface area contributed by atoms with E-state index in [1.807, 2.05) is 18.3 Å². The van der Waals surface area contributed by atoms with Gasteiger partial charge in [-0.05, 0) is 72.9 Å². The van der Waals surface area contributed by atoms with E-state index in [2.05, 4.69) is 70.8 Å². The predicted molar refractivity (Wildman–Crippen MR) is 108 cm³/mol. The van der Waals surface area contributed by atoms with Crippen LogP contribution in [0.3, 0.4) is 0 Å². The van der Waals surface area contributed by atoms with Gasteiger partial charge in [0.25, 0.3) is 0 Å². The van der Waals surface area contributed by atoms with Crippen molar-refractivity contribution in [2.75, 3.05) is 4.90 Å². The minimum absolute atomic E-state index is 0.0353. The molecular formula is C20H19N3S2. The first kappa shape index (κ1) is 16.2. The molecule has 1 aromatic carbocycles. The first-order chi connectivity index (χ1) is 12.1. The Hall–Kier alpha value is -2.24. The summed E-state index contributed by atoms with van der Waals surface area (Å²) in [7, 11) is 0. The summed E-state index contributed by atoms with van der Waals surface area (Å²) in [6.07, 6.45) is 1.84. The summed E-state index contributed by atoms with van der Waals surface area (Å²) in [6, 6.07) is 17.0. The molecule has 0 aliphatic carbocycles. The van der Waals surface area contributed by atoms with Crippen molar-refractivity contribution in [3.05, 3.63) is 81.8 Å². The summed E-state index contributed by atoms with van der Waals surface area (Å²) in [4.78, 5) is 8.09. The molecule has 3 aromatic rings. The molecule has 3 nitrogen and oxygen atoms in total. The Kier molecular flexibility index (Phi) is 4.27. The van der Waals surface area contributed by atoms with Gasteiger partial charge in [-0.25, -0.2) is 0 Å². The molecule has 3 heterocycles. The van der Waals surface area contributed by atoms with E-state index in [-0.39, 0.29) is 12.1 Å². The molecule has 0 saturated carbocycles. The quantitative estimate of drug-likeness (QED) is 0.666. The number of nitrogens with zero attached hydrogens (tertiary/aromatic N) is 2. The number of aryl methyl sites for hydroxylation is 2. The molecule has 2 aromatic heterocycles. The zero-order valence-corrected chi connectivity index (χ0v) is 15.8. The molecule has 0 bridgehead atoms. The highest BCUT2D eigenvalue weighted by Gasteiger charge is 2.41. The highest BCUT2D eigenvalue weighted by Crippen LogP contribution is 2.43. The van der Waals surface area contributed by atoms with Crippen molar-refractivity contribution in [2.45, 2.75) is 25.9 Å². The lowest BCUT2D eigenvalue weighted by Crippen LogP contribution is -2.29. The number of benzene rings is 1. The average Bonchev–Trinajstić information content (AvgIpc) is 3.22. The Morgan fingerprint density at radius 3 is 2.52 bits per heavy atom. The van der Waals surface area contributed by atoms with Gasteiger partial charge in [-0.1, -0.05) is 18.2 Å². The number of nitrogens with one attached hydrogen (secondary N) is 1. The molecule has 0 spiro atoms. The average molecular weight is 366 g/mol. The van der Waals surface area contributed by atoms with Gasteiger partial charge in [0, 0.05) is 16.8 Å². The highest BCUT2D eigenvalue weighted by molar-refractivity contribution is 7.80. The van der Waals surface area contributed by atoms with Crippen molar-refractivity contribution < 1.29 is 0 Å². The van der Waals surface area contributed by atoms with Crippen LogP contribution in [0.2, 0.25) is 0 Å². The van der Waals surface area contributed by atoms with E-state index < -0.39 is 0 Å². The summed E-state index contributed by atoms with van der Waals surface area (Å²) < 4.78 is 0. The maximum atomic E-state index is 5.73. The number of aromatic nitrogens is 1. The molecule has 1 aliphatic heterocycles. The molecule has 0 radical (unpaired) electrons. The molecule has 1 N–H and O–H groups in total. The molecule has 126 valence electrons. The molecule has 5 heteroatoms. The van der Waals surface area contributed by atoms with Gasteiger partial charge in [-0.15, -0.1) is 11.3 Å². The number of rotatable bonds is 3. The molecule has 1 fully saturated rings. The third kappa shape index (κ3) is 3.05. The summed E-state index contributed by atoms with van der Waals surface area (Å²) in [5.74, 6) is 0. The summed E-state index contributed by atoms with van der Waals surface area (Å²) in [5.41, 5.74) is 4.62. The van der Waals surface area contributed by atoms with E-state index in [0.717, 1.165) is 16.5 Å². The normalized spacial score (nSPS) is 19.9. The van der Waals surface area contributed by atoms with Gasteiger partial charge in [0.05, 0.1) is 17.8 Å². The van der Waals surface area contributed by atoms with Crippen LogP contribution in [0, 0.1) is 13.8 Å². The second kappa shape index (κ2) is 6.58. The maximum absolute atomic E-state index is 5.73. The van der Waals surface area contributed by atoms with Crippen LogP contribution >= 0.6 is 23.6 Å². The van der Waals surface area contributed by atoms with Crippen LogP contribution in [0.15, 0.2) is 60.1 Å². The lowest BCUT2D eigenvalue weighted by molar-refractivity contribution is 0.575. The minimum atomic E-state index is 0.0353. The van der Waals surface area contributed by atoms with Gasteiger partial charge in [0.2, 0.25) is 0 Å². The number of pyridine rings is 1. The van der Waals surface area contributed by atoms with Gasteiger partial charge < -0.3 is 10.2 Å². The first-order valence-corrected chi connectivity index (χ1v) is 9.54. The van der Waals surface area contributed by atoms with E-state index in [1.165, 1.54) is 16.0 Å². The number of thiophene rings is 1. The molecule has 25 heavy (non-hydrogen) atoms. The molecule has 0 unspecified atom stereocenters. The summed E-state index contributed by atoms with van der Waals surface area (Å²) in [5, 5.41) is 6.36. The van der Waals surface area contributed by atoms with Crippen LogP contribution < -0.4 is 10.2 Å². The molecule has 1 aliphatic rings. The molecule has 2 atom stereocenters. The number of anilines is 1. The zero-order valence-electron chi connectivity index (χ0n) is 14.1. The SMILES string of the molecule is Cc1cc(C)cc(N2C(=S)N[C@@H](c3ccccn3)[C@H]2c2cccs2)c1. The lowest BCUT2D eigenvalue weighted by Gasteiger charge is -2.27. The van der Waals surface area contributed by atoms with Crippen molar-refractivity contribution in [1.82, 2.24) is 10.3 Å². The third-order valence-electron chi connectivity index (χ3n) is 4.42. The molecule has 0 amide bonds. The Labute approximate surface area is 157 Å². The fourth-order valence-electron chi connectivity index (χ4n) is 3.47. The lowest BCUT2D eigenvalue weighted by atomic mass is 10.0. The van der Waals surface area contributed by atoms with E-state index in [0.29, 0.717) is 0 Å². The predicted octanol–water partition coefficient (Wildman–Crippen LogP) is 4.94. The van der Waals surface area contributed by atoms with Crippen LogP contribution in [0.1, 0.15) is 33.8 Å². The van der Waals surface area contributed by atoms with Crippen molar-refractivity contribution in [3.8, 4) is 0 Å². The molecule has 1 saturated heterocycles. The first-order valence-electron chi connectivity index (χ1n) is 8.26. The van der Waals surface area contributed by atoms with Gasteiger partial charge in [-0.2, -0.15) is 0 Å². The number of thiocarbonyl (C=S) groups is 1. The van der Waals surface area contributed by atoms with Crippen LogP contribution in [-0.2, 0) is 0 Å². The van der Waals surface area contributed by atoms with Gasteiger partial charge in [-0.3, -0.25) is 4.98 Å². The smallest absolute Gasteiger partial charge is 0.174 e. The summed E-state index contributed by atoms with van der Waals surface area (Å²) >= 11 is 7.49. The largest absolute Gasteiger partial charge is 0.351 e. The van der Waals surface area contributed by atoms with Gasteiger partial charge >= 0.3 is 0 Å². The number of hydrogen-bond donors (Lipinski definition) is 1. The molecule has 4 rings (SSSR count). The van der Waals surface area contributed by atoms with Gasteiger partial charge in [0.1, 0.15) is 0 Å². The fourth-order valence-corrected chi connectivity index (χ4v) is 4.67. The van der Waals surface area contributed by atoms with Crippen molar-refractivity contribution in [2.24, 2.45) is 0 Å². The second-order valence-electron chi connectivity index (χ2n) is 6.36.